The van der Waals surface area contributed by atoms with Crippen LogP contribution in [0.4, 0.5) is 16.3 Å². The number of aryl methyl sites for hydroxylation is 1. The number of anilines is 2. The summed E-state index contributed by atoms with van der Waals surface area (Å²) in [6.45, 7) is 6.60. The molecule has 1 unspecified atom stereocenters. The number of hydrogen-bond donors (Lipinski definition) is 3. The molecule has 2 aromatic heterocycles. The molecule has 176 valence electrons. The monoisotopic (exact) mass is 450 g/mol. The van der Waals surface area contributed by atoms with Crippen LogP contribution in [0.5, 0.6) is 5.75 Å². The Kier molecular flexibility index (Phi) is 9.60. The van der Waals surface area contributed by atoms with E-state index in [0.29, 0.717) is 29.5 Å². The second-order valence-electron chi connectivity index (χ2n) is 7.47. The van der Waals surface area contributed by atoms with E-state index in [0.717, 1.165) is 29.5 Å². The van der Waals surface area contributed by atoms with E-state index in [-0.39, 0.29) is 19.5 Å². The van der Waals surface area contributed by atoms with Crippen LogP contribution in [0.1, 0.15) is 51.3 Å². The van der Waals surface area contributed by atoms with Crippen LogP contribution in [0.2, 0.25) is 0 Å². The molecule has 8 nitrogen and oxygen atoms in total. The van der Waals surface area contributed by atoms with Crippen LogP contribution in [0.3, 0.4) is 0 Å². The standard InChI is InChI=1S/C24H30N6O2.CH4/c1-5-7-19(18-10-16(3)12-25-13-18)28-23-15-26-14-21(29-23)17-8-9-20(22(11-17)32-4)30-24(31)27-6-2;/h8-15,19H,5-7H2,1-4H3,(H,28,29)(H2,27,30,31);1H4. The van der Waals surface area contributed by atoms with Crippen molar-refractivity contribution in [1.29, 1.82) is 0 Å². The van der Waals surface area contributed by atoms with E-state index in [1.54, 1.807) is 25.6 Å². The lowest BCUT2D eigenvalue weighted by atomic mass is 10.0. The molecule has 0 saturated heterocycles. The molecule has 3 N–H and O–H groups in total. The highest BCUT2D eigenvalue weighted by atomic mass is 16.5. The number of nitrogens with one attached hydrogen (secondary N) is 3. The van der Waals surface area contributed by atoms with E-state index in [2.05, 4.69) is 38.9 Å². The number of rotatable bonds is 9. The number of pyridine rings is 1. The Morgan fingerprint density at radius 2 is 1.88 bits per heavy atom. The molecule has 33 heavy (non-hydrogen) atoms. The third-order valence-electron chi connectivity index (χ3n) is 4.92. The molecule has 0 aliphatic rings. The summed E-state index contributed by atoms with van der Waals surface area (Å²) in [5, 5.41) is 8.99. The van der Waals surface area contributed by atoms with E-state index < -0.39 is 0 Å². The number of carbonyl (C=O) groups excluding carboxylic acids is 1. The highest BCUT2D eigenvalue weighted by Crippen LogP contribution is 2.31. The number of aromatic nitrogens is 3. The van der Waals surface area contributed by atoms with Gasteiger partial charge >= 0.3 is 6.03 Å². The summed E-state index contributed by atoms with van der Waals surface area (Å²) in [6.07, 6.45) is 9.15. The Bertz CT molecular complexity index is 1060. The van der Waals surface area contributed by atoms with Crippen molar-refractivity contribution in [2.75, 3.05) is 24.3 Å². The fraction of sp³-hybridized carbons (Fsp3) is 0.360. The van der Waals surface area contributed by atoms with E-state index >= 15 is 0 Å². The predicted molar refractivity (Wildman–Crippen MR) is 134 cm³/mol. The molecule has 0 aliphatic heterocycles. The molecule has 1 atom stereocenters. The lowest BCUT2D eigenvalue weighted by molar-refractivity contribution is 0.252. The number of nitrogens with zero attached hydrogens (tertiary/aromatic N) is 3. The molecular formula is C25H34N6O2. The van der Waals surface area contributed by atoms with Crippen LogP contribution >= 0.6 is 0 Å². The smallest absolute Gasteiger partial charge is 0.319 e. The van der Waals surface area contributed by atoms with Crippen LogP contribution in [-0.4, -0.2) is 34.6 Å². The zero-order valence-corrected chi connectivity index (χ0v) is 19.0. The van der Waals surface area contributed by atoms with Crippen molar-refractivity contribution in [3.8, 4) is 17.0 Å². The predicted octanol–water partition coefficient (Wildman–Crippen LogP) is 5.59. The Morgan fingerprint density at radius 3 is 2.58 bits per heavy atom. The molecule has 0 aliphatic carbocycles. The second-order valence-corrected chi connectivity index (χ2v) is 7.47. The topological polar surface area (TPSA) is 101 Å². The lowest BCUT2D eigenvalue weighted by Gasteiger charge is -2.19. The molecule has 2 amide bonds. The SMILES string of the molecule is C.CCCC(Nc1cncc(-c2ccc(NC(=O)NCC)c(OC)c2)n1)c1cncc(C)c1. The second kappa shape index (κ2) is 12.4. The normalized spacial score (nSPS) is 11.2. The van der Waals surface area contributed by atoms with E-state index in [9.17, 15) is 4.79 Å². The van der Waals surface area contributed by atoms with Crippen molar-refractivity contribution < 1.29 is 9.53 Å². The third-order valence-corrected chi connectivity index (χ3v) is 4.92. The summed E-state index contributed by atoms with van der Waals surface area (Å²) < 4.78 is 5.47. The minimum atomic E-state index is -0.280. The highest BCUT2D eigenvalue weighted by molar-refractivity contribution is 5.91. The lowest BCUT2D eigenvalue weighted by Crippen LogP contribution is -2.28. The molecular weight excluding hydrogens is 416 g/mol. The van der Waals surface area contributed by atoms with Gasteiger partial charge in [0.2, 0.25) is 0 Å². The van der Waals surface area contributed by atoms with E-state index in [1.165, 1.54) is 0 Å². The number of ether oxygens (including phenoxy) is 1. The van der Waals surface area contributed by atoms with Gasteiger partial charge in [0.15, 0.2) is 0 Å². The Balaban J connectivity index is 0.00000385. The fourth-order valence-electron chi connectivity index (χ4n) is 3.41. The molecule has 3 aromatic rings. The molecule has 8 heteroatoms. The summed E-state index contributed by atoms with van der Waals surface area (Å²) in [6, 6.07) is 7.47. The van der Waals surface area contributed by atoms with Gasteiger partial charge in [-0.1, -0.05) is 32.9 Å². The number of amides is 2. The van der Waals surface area contributed by atoms with Gasteiger partial charge in [0.05, 0.1) is 36.9 Å². The summed E-state index contributed by atoms with van der Waals surface area (Å²) in [5.41, 5.74) is 4.37. The number of carbonyl (C=O) groups is 1. The van der Waals surface area contributed by atoms with Crippen LogP contribution in [0, 0.1) is 6.92 Å². The zero-order valence-electron chi connectivity index (χ0n) is 19.0. The maximum atomic E-state index is 11.9. The zero-order chi connectivity index (χ0) is 22.9. The molecule has 2 heterocycles. The largest absolute Gasteiger partial charge is 0.495 e. The average Bonchev–Trinajstić information content (AvgIpc) is 2.79. The Hall–Kier alpha value is -3.68. The first-order valence-corrected chi connectivity index (χ1v) is 10.8. The first kappa shape index (κ1) is 25.6. The minimum Gasteiger partial charge on any atom is -0.495 e. The molecule has 0 bridgehead atoms. The number of methoxy groups -OCH3 is 1. The summed E-state index contributed by atoms with van der Waals surface area (Å²) in [7, 11) is 1.57. The first-order valence-electron chi connectivity index (χ1n) is 10.8. The van der Waals surface area contributed by atoms with Crippen molar-refractivity contribution in [2.45, 2.75) is 47.1 Å². The van der Waals surface area contributed by atoms with Gasteiger partial charge in [0, 0.05) is 24.5 Å². The van der Waals surface area contributed by atoms with Gasteiger partial charge in [-0.05, 0) is 43.5 Å². The third kappa shape index (κ3) is 6.90. The number of urea groups is 1. The van der Waals surface area contributed by atoms with Gasteiger partial charge in [0.1, 0.15) is 11.6 Å². The Morgan fingerprint density at radius 1 is 1.09 bits per heavy atom. The van der Waals surface area contributed by atoms with Crippen molar-refractivity contribution in [3.63, 3.8) is 0 Å². The highest BCUT2D eigenvalue weighted by Gasteiger charge is 2.14. The van der Waals surface area contributed by atoms with Gasteiger partial charge < -0.3 is 20.7 Å². The maximum Gasteiger partial charge on any atom is 0.319 e. The molecule has 1 aromatic carbocycles. The van der Waals surface area contributed by atoms with Crippen molar-refractivity contribution in [3.05, 3.63) is 60.2 Å². The van der Waals surface area contributed by atoms with E-state index in [4.69, 9.17) is 9.72 Å². The molecule has 0 spiro atoms. The summed E-state index contributed by atoms with van der Waals surface area (Å²) >= 11 is 0. The number of hydrogen-bond acceptors (Lipinski definition) is 6. The van der Waals surface area contributed by atoms with E-state index in [1.807, 2.05) is 38.4 Å². The quantitative estimate of drug-likeness (QED) is 0.393. The van der Waals surface area contributed by atoms with Gasteiger partial charge in [-0.3, -0.25) is 9.97 Å². The van der Waals surface area contributed by atoms with Gasteiger partial charge in [-0.25, -0.2) is 9.78 Å². The molecule has 0 saturated carbocycles. The van der Waals surface area contributed by atoms with Crippen molar-refractivity contribution in [1.82, 2.24) is 20.3 Å². The van der Waals surface area contributed by atoms with Gasteiger partial charge in [-0.2, -0.15) is 0 Å². The molecule has 3 rings (SSSR count). The average molecular weight is 451 g/mol. The van der Waals surface area contributed by atoms with Crippen LogP contribution in [0.15, 0.2) is 49.1 Å². The summed E-state index contributed by atoms with van der Waals surface area (Å²) in [4.78, 5) is 25.3. The summed E-state index contributed by atoms with van der Waals surface area (Å²) in [5.74, 6) is 1.23. The maximum absolute atomic E-state index is 11.9. The van der Waals surface area contributed by atoms with Crippen molar-refractivity contribution in [2.24, 2.45) is 0 Å². The number of benzene rings is 1. The van der Waals surface area contributed by atoms with Gasteiger partial charge in [0.25, 0.3) is 0 Å². The van der Waals surface area contributed by atoms with Gasteiger partial charge in [-0.15, -0.1) is 0 Å². The Labute approximate surface area is 196 Å². The molecule has 0 radical (unpaired) electrons. The van der Waals surface area contributed by atoms with Crippen LogP contribution in [0.25, 0.3) is 11.3 Å². The van der Waals surface area contributed by atoms with Crippen molar-refractivity contribution >= 4 is 17.5 Å². The first-order chi connectivity index (χ1) is 15.5. The minimum absolute atomic E-state index is 0. The molecule has 0 fully saturated rings. The van der Waals surface area contributed by atoms with Crippen LogP contribution in [-0.2, 0) is 0 Å². The van der Waals surface area contributed by atoms with Crippen LogP contribution < -0.4 is 20.7 Å². The fourth-order valence-corrected chi connectivity index (χ4v) is 3.41.